The molecule has 1 heteroatoms. The zero-order valence-corrected chi connectivity index (χ0v) is 10.2. The Morgan fingerprint density at radius 1 is 1.29 bits per heavy atom. The molecule has 1 saturated carbocycles. The Bertz CT molecular complexity index is 425. The van der Waals surface area contributed by atoms with Gasteiger partial charge in [0.15, 0.2) is 0 Å². The van der Waals surface area contributed by atoms with Crippen molar-refractivity contribution in [3.8, 4) is 12.3 Å². The van der Waals surface area contributed by atoms with Crippen LogP contribution in [0.3, 0.4) is 0 Å². The molecule has 2 fully saturated rings. The third-order valence-corrected chi connectivity index (χ3v) is 4.31. The standard InChI is InChI=1S/C16H19N/c1-2-16(10-11-16)15-9-6-12-17(15)13-14-7-4-3-5-8-14/h1,3-5,7-8,15H,6,9-13H2. The maximum Gasteiger partial charge on any atom is 0.0468 e. The summed E-state index contributed by atoms with van der Waals surface area (Å²) in [5.41, 5.74) is 1.64. The quantitative estimate of drug-likeness (QED) is 0.715. The van der Waals surface area contributed by atoms with Gasteiger partial charge in [0.05, 0.1) is 0 Å². The van der Waals surface area contributed by atoms with Crippen molar-refractivity contribution >= 4 is 0 Å². The van der Waals surface area contributed by atoms with Crippen LogP contribution in [-0.4, -0.2) is 17.5 Å². The Morgan fingerprint density at radius 3 is 2.71 bits per heavy atom. The highest BCUT2D eigenvalue weighted by Crippen LogP contribution is 2.52. The molecule has 0 radical (unpaired) electrons. The Kier molecular flexibility index (Phi) is 2.68. The molecule has 1 heterocycles. The van der Waals surface area contributed by atoms with E-state index in [1.807, 2.05) is 0 Å². The summed E-state index contributed by atoms with van der Waals surface area (Å²) in [6.07, 6.45) is 10.8. The van der Waals surface area contributed by atoms with Crippen LogP contribution < -0.4 is 0 Å². The molecule has 0 N–H and O–H groups in total. The van der Waals surface area contributed by atoms with Gasteiger partial charge < -0.3 is 0 Å². The molecule has 1 atom stereocenters. The third-order valence-electron chi connectivity index (χ3n) is 4.31. The van der Waals surface area contributed by atoms with Crippen LogP contribution in [0.4, 0.5) is 0 Å². The molecule has 0 aromatic heterocycles. The molecule has 1 aromatic carbocycles. The normalized spacial score (nSPS) is 26.6. The largest absolute Gasteiger partial charge is 0.295 e. The monoisotopic (exact) mass is 225 g/mol. The molecule has 0 bridgehead atoms. The molecule has 0 amide bonds. The van der Waals surface area contributed by atoms with Crippen LogP contribution in [0.15, 0.2) is 30.3 Å². The van der Waals surface area contributed by atoms with Gasteiger partial charge in [-0.25, -0.2) is 0 Å². The zero-order chi connectivity index (χ0) is 11.7. The minimum Gasteiger partial charge on any atom is -0.295 e. The van der Waals surface area contributed by atoms with Crippen molar-refractivity contribution in [2.75, 3.05) is 6.54 Å². The molecular formula is C16H19N. The third kappa shape index (κ3) is 1.98. The first kappa shape index (κ1) is 10.9. The van der Waals surface area contributed by atoms with E-state index in [4.69, 9.17) is 6.42 Å². The second kappa shape index (κ2) is 4.20. The molecule has 17 heavy (non-hydrogen) atoms. The van der Waals surface area contributed by atoms with Crippen LogP contribution in [0.5, 0.6) is 0 Å². The lowest BCUT2D eigenvalue weighted by Crippen LogP contribution is -2.35. The summed E-state index contributed by atoms with van der Waals surface area (Å²) in [5, 5.41) is 0. The minimum atomic E-state index is 0.227. The highest BCUT2D eigenvalue weighted by molar-refractivity contribution is 5.22. The van der Waals surface area contributed by atoms with Crippen LogP contribution in [-0.2, 0) is 6.54 Å². The topological polar surface area (TPSA) is 3.24 Å². The lowest BCUT2D eigenvalue weighted by molar-refractivity contribution is 0.197. The molecule has 88 valence electrons. The summed E-state index contributed by atoms with van der Waals surface area (Å²) in [7, 11) is 0. The van der Waals surface area contributed by atoms with Crippen LogP contribution in [0.25, 0.3) is 0 Å². The molecule has 1 saturated heterocycles. The summed E-state index contributed by atoms with van der Waals surface area (Å²) in [5.74, 6) is 3.07. The van der Waals surface area contributed by atoms with Gasteiger partial charge in [-0.15, -0.1) is 6.42 Å². The first-order chi connectivity index (χ1) is 8.34. The fraction of sp³-hybridized carbons (Fsp3) is 0.500. The van der Waals surface area contributed by atoms with E-state index >= 15 is 0 Å². The van der Waals surface area contributed by atoms with Crippen molar-refractivity contribution in [3.63, 3.8) is 0 Å². The number of benzene rings is 1. The van der Waals surface area contributed by atoms with Gasteiger partial charge in [-0.3, -0.25) is 4.90 Å². The molecule has 1 unspecified atom stereocenters. The predicted molar refractivity (Wildman–Crippen MR) is 70.4 cm³/mol. The van der Waals surface area contributed by atoms with Crippen molar-refractivity contribution in [2.24, 2.45) is 5.41 Å². The molecule has 1 aromatic rings. The first-order valence-electron chi connectivity index (χ1n) is 6.60. The van der Waals surface area contributed by atoms with Gasteiger partial charge in [0.2, 0.25) is 0 Å². The summed E-state index contributed by atoms with van der Waals surface area (Å²) >= 11 is 0. The number of likely N-dealkylation sites (tertiary alicyclic amines) is 1. The summed E-state index contributed by atoms with van der Waals surface area (Å²) in [4.78, 5) is 2.60. The molecule has 1 aliphatic heterocycles. The second-order valence-electron chi connectivity index (χ2n) is 5.41. The van der Waals surface area contributed by atoms with E-state index < -0.39 is 0 Å². The molecule has 3 rings (SSSR count). The fourth-order valence-corrected chi connectivity index (χ4v) is 3.17. The maximum absolute atomic E-state index is 5.73. The van der Waals surface area contributed by atoms with E-state index in [1.54, 1.807) is 0 Å². The number of hydrogen-bond donors (Lipinski definition) is 0. The van der Waals surface area contributed by atoms with E-state index in [0.29, 0.717) is 6.04 Å². The number of terminal acetylenes is 1. The van der Waals surface area contributed by atoms with Crippen molar-refractivity contribution < 1.29 is 0 Å². The van der Waals surface area contributed by atoms with E-state index in [9.17, 15) is 0 Å². The van der Waals surface area contributed by atoms with E-state index in [0.717, 1.165) is 6.54 Å². The van der Waals surface area contributed by atoms with E-state index in [1.165, 1.54) is 37.8 Å². The maximum atomic E-state index is 5.73. The van der Waals surface area contributed by atoms with Crippen LogP contribution >= 0.6 is 0 Å². The Balaban J connectivity index is 1.73. The van der Waals surface area contributed by atoms with Crippen LogP contribution in [0, 0.1) is 17.8 Å². The Labute approximate surface area is 104 Å². The first-order valence-corrected chi connectivity index (χ1v) is 6.60. The van der Waals surface area contributed by atoms with Gasteiger partial charge in [0, 0.05) is 18.0 Å². The van der Waals surface area contributed by atoms with Crippen LogP contribution in [0.2, 0.25) is 0 Å². The minimum absolute atomic E-state index is 0.227. The second-order valence-corrected chi connectivity index (χ2v) is 5.41. The van der Waals surface area contributed by atoms with Crippen molar-refractivity contribution in [1.29, 1.82) is 0 Å². The van der Waals surface area contributed by atoms with Crippen LogP contribution in [0.1, 0.15) is 31.2 Å². The van der Waals surface area contributed by atoms with E-state index in [-0.39, 0.29) is 5.41 Å². The summed E-state index contributed by atoms with van der Waals surface area (Å²) in [6.45, 7) is 2.28. The van der Waals surface area contributed by atoms with E-state index in [2.05, 4.69) is 41.2 Å². The lowest BCUT2D eigenvalue weighted by atomic mass is 9.95. The summed E-state index contributed by atoms with van der Waals surface area (Å²) < 4.78 is 0. The highest BCUT2D eigenvalue weighted by atomic mass is 15.2. The van der Waals surface area contributed by atoms with Gasteiger partial charge in [-0.1, -0.05) is 36.3 Å². The number of hydrogen-bond acceptors (Lipinski definition) is 1. The lowest BCUT2D eigenvalue weighted by Gasteiger charge is -2.29. The van der Waals surface area contributed by atoms with Gasteiger partial charge >= 0.3 is 0 Å². The highest BCUT2D eigenvalue weighted by Gasteiger charge is 2.51. The zero-order valence-electron chi connectivity index (χ0n) is 10.2. The molecule has 1 nitrogen and oxygen atoms in total. The fourth-order valence-electron chi connectivity index (χ4n) is 3.17. The van der Waals surface area contributed by atoms with Crippen molar-refractivity contribution in [3.05, 3.63) is 35.9 Å². The average Bonchev–Trinajstić information content (AvgIpc) is 3.04. The Morgan fingerprint density at radius 2 is 2.06 bits per heavy atom. The Hall–Kier alpha value is -1.26. The summed E-state index contributed by atoms with van der Waals surface area (Å²) in [6, 6.07) is 11.4. The molecule has 1 aliphatic carbocycles. The SMILES string of the molecule is C#CC1(C2CCCN2Cc2ccccc2)CC1. The van der Waals surface area contributed by atoms with Gasteiger partial charge in [-0.2, -0.15) is 0 Å². The number of nitrogens with zero attached hydrogens (tertiary/aromatic N) is 1. The predicted octanol–water partition coefficient (Wildman–Crippen LogP) is 3.06. The smallest absolute Gasteiger partial charge is 0.0468 e. The van der Waals surface area contributed by atoms with Gasteiger partial charge in [-0.05, 0) is 37.8 Å². The molecule has 2 aliphatic rings. The van der Waals surface area contributed by atoms with Gasteiger partial charge in [0.1, 0.15) is 0 Å². The van der Waals surface area contributed by atoms with Crippen molar-refractivity contribution in [2.45, 2.75) is 38.3 Å². The molecule has 0 spiro atoms. The van der Waals surface area contributed by atoms with Crippen molar-refractivity contribution in [1.82, 2.24) is 4.90 Å². The molecular weight excluding hydrogens is 206 g/mol. The van der Waals surface area contributed by atoms with Gasteiger partial charge in [0.25, 0.3) is 0 Å². The number of rotatable bonds is 3. The average molecular weight is 225 g/mol.